The first kappa shape index (κ1) is 33.9. The van der Waals surface area contributed by atoms with Gasteiger partial charge in [0.05, 0.1) is 22.6 Å². The first-order valence-electron chi connectivity index (χ1n) is 19.9. The smallest absolute Gasteiger partial charge is 0.160 e. The van der Waals surface area contributed by atoms with Crippen LogP contribution in [0.1, 0.15) is 25.0 Å². The van der Waals surface area contributed by atoms with Crippen molar-refractivity contribution < 1.29 is 0 Å². The monoisotopic (exact) mass is 742 g/mol. The summed E-state index contributed by atoms with van der Waals surface area (Å²) in [6.07, 6.45) is 0. The van der Waals surface area contributed by atoms with Crippen molar-refractivity contribution in [2.75, 3.05) is 0 Å². The van der Waals surface area contributed by atoms with E-state index >= 15 is 0 Å². The lowest BCUT2D eigenvalue weighted by molar-refractivity contribution is 0.660. The molecule has 58 heavy (non-hydrogen) atoms. The van der Waals surface area contributed by atoms with Gasteiger partial charge in [0.2, 0.25) is 0 Å². The molecule has 10 aromatic rings. The second-order valence-electron chi connectivity index (χ2n) is 15.7. The Hall–Kier alpha value is -7.43. The van der Waals surface area contributed by atoms with Crippen LogP contribution in [0.2, 0.25) is 0 Å². The Labute approximate surface area is 337 Å². The van der Waals surface area contributed by atoms with Crippen LogP contribution in [0.4, 0.5) is 0 Å². The number of aromatic nitrogens is 4. The molecular weight excluding hydrogens is 705 g/mol. The molecule has 0 saturated carbocycles. The van der Waals surface area contributed by atoms with Gasteiger partial charge in [-0.05, 0) is 57.5 Å². The maximum atomic E-state index is 5.44. The molecule has 0 spiro atoms. The lowest BCUT2D eigenvalue weighted by Gasteiger charge is -2.22. The van der Waals surface area contributed by atoms with Gasteiger partial charge in [-0.1, -0.05) is 184 Å². The van der Waals surface area contributed by atoms with Gasteiger partial charge in [0.1, 0.15) is 5.69 Å². The third kappa shape index (κ3) is 5.48. The van der Waals surface area contributed by atoms with Crippen molar-refractivity contribution in [2.45, 2.75) is 19.3 Å². The summed E-state index contributed by atoms with van der Waals surface area (Å²) in [7, 11) is 0. The molecule has 0 aliphatic heterocycles. The Kier molecular flexibility index (Phi) is 7.80. The third-order valence-electron chi connectivity index (χ3n) is 11.8. The van der Waals surface area contributed by atoms with Crippen molar-refractivity contribution in [3.63, 3.8) is 0 Å². The Balaban J connectivity index is 1.11. The summed E-state index contributed by atoms with van der Waals surface area (Å²) in [4.78, 5) is 10.5. The lowest BCUT2D eigenvalue weighted by atomic mass is 9.82. The number of nitrogens with zero attached hydrogens (tertiary/aromatic N) is 4. The summed E-state index contributed by atoms with van der Waals surface area (Å²) in [5, 5.41) is 7.76. The summed E-state index contributed by atoms with van der Waals surface area (Å²) in [5.74, 6) is 0.696. The predicted octanol–water partition coefficient (Wildman–Crippen LogP) is 13.6. The average molecular weight is 743 g/mol. The van der Waals surface area contributed by atoms with Gasteiger partial charge in [0.15, 0.2) is 5.82 Å². The van der Waals surface area contributed by atoms with Crippen LogP contribution in [0.25, 0.3) is 95.0 Å². The molecule has 0 amide bonds. The van der Waals surface area contributed by atoms with E-state index < -0.39 is 0 Å². The van der Waals surface area contributed by atoms with Crippen LogP contribution >= 0.6 is 0 Å². The minimum atomic E-state index is -0.118. The van der Waals surface area contributed by atoms with Gasteiger partial charge < -0.3 is 0 Å². The standard InChI is InChI=1S/C54H38N4/c1-54(2)45-28-15-14-27-43(45)44-30-29-40(32-46(44)54)48-34-47(55-53(56-48)37-21-10-5-11-22-37)39-24-16-25-41(31-39)49-33-38-23-12-13-26-42(38)52-50(35-17-6-3-7-18-35)51(57-58(49)52)36-19-8-4-9-20-36/h3-34H,1-2H3. The van der Waals surface area contributed by atoms with Crippen molar-refractivity contribution in [1.29, 1.82) is 0 Å². The first-order chi connectivity index (χ1) is 28.5. The van der Waals surface area contributed by atoms with Gasteiger partial charge in [-0.2, -0.15) is 5.10 Å². The largest absolute Gasteiger partial charge is 0.231 e. The van der Waals surface area contributed by atoms with Gasteiger partial charge in [0.25, 0.3) is 0 Å². The van der Waals surface area contributed by atoms with Gasteiger partial charge in [-0.25, -0.2) is 14.5 Å². The van der Waals surface area contributed by atoms with E-state index in [1.807, 2.05) is 18.2 Å². The second kappa shape index (κ2) is 13.4. The lowest BCUT2D eigenvalue weighted by Crippen LogP contribution is -2.14. The van der Waals surface area contributed by atoms with Gasteiger partial charge in [-0.15, -0.1) is 0 Å². The molecule has 0 unspecified atom stereocenters. The molecule has 3 heterocycles. The van der Waals surface area contributed by atoms with Gasteiger partial charge >= 0.3 is 0 Å². The van der Waals surface area contributed by atoms with Crippen molar-refractivity contribution >= 4 is 16.3 Å². The van der Waals surface area contributed by atoms with Crippen LogP contribution < -0.4 is 0 Å². The number of pyridine rings is 1. The zero-order chi connectivity index (χ0) is 38.8. The van der Waals surface area contributed by atoms with Crippen molar-refractivity contribution in [1.82, 2.24) is 19.6 Å². The van der Waals surface area contributed by atoms with Crippen molar-refractivity contribution in [2.24, 2.45) is 0 Å². The number of fused-ring (bicyclic) bond motifs is 6. The normalized spacial score (nSPS) is 12.8. The quantitative estimate of drug-likeness (QED) is 0.170. The highest BCUT2D eigenvalue weighted by molar-refractivity contribution is 6.08. The molecule has 4 heteroatoms. The minimum absolute atomic E-state index is 0.118. The Morgan fingerprint density at radius 2 is 1.02 bits per heavy atom. The molecule has 0 saturated heterocycles. The fraction of sp³-hybridized carbons (Fsp3) is 0.0556. The van der Waals surface area contributed by atoms with Gasteiger partial charge in [0, 0.05) is 44.2 Å². The summed E-state index contributed by atoms with van der Waals surface area (Å²) >= 11 is 0. The van der Waals surface area contributed by atoms with Crippen LogP contribution in [0.5, 0.6) is 0 Å². The highest BCUT2D eigenvalue weighted by atomic mass is 15.2. The highest BCUT2D eigenvalue weighted by Gasteiger charge is 2.35. The molecule has 0 atom stereocenters. The molecule has 11 rings (SSSR count). The minimum Gasteiger partial charge on any atom is -0.231 e. The maximum absolute atomic E-state index is 5.44. The van der Waals surface area contributed by atoms with E-state index in [9.17, 15) is 0 Å². The fourth-order valence-corrected chi connectivity index (χ4v) is 8.93. The van der Waals surface area contributed by atoms with E-state index in [0.29, 0.717) is 5.82 Å². The van der Waals surface area contributed by atoms with E-state index in [-0.39, 0.29) is 5.41 Å². The van der Waals surface area contributed by atoms with E-state index in [1.54, 1.807) is 0 Å². The Morgan fingerprint density at radius 1 is 0.431 bits per heavy atom. The molecule has 3 aromatic heterocycles. The van der Waals surface area contributed by atoms with E-state index in [2.05, 4.69) is 194 Å². The summed E-state index contributed by atoms with van der Waals surface area (Å²) in [6.45, 7) is 4.64. The summed E-state index contributed by atoms with van der Waals surface area (Å²) < 4.78 is 2.15. The molecule has 274 valence electrons. The number of rotatable bonds is 6. The molecule has 1 aliphatic rings. The van der Waals surface area contributed by atoms with Crippen molar-refractivity contribution in [3.05, 3.63) is 205 Å². The third-order valence-corrected chi connectivity index (χ3v) is 11.8. The van der Waals surface area contributed by atoms with Gasteiger partial charge in [-0.3, -0.25) is 0 Å². The van der Waals surface area contributed by atoms with E-state index in [1.165, 1.54) is 22.3 Å². The Bertz CT molecular complexity index is 3180. The average Bonchev–Trinajstić information content (AvgIpc) is 3.80. The number of hydrogen-bond donors (Lipinski definition) is 0. The molecule has 7 aromatic carbocycles. The van der Waals surface area contributed by atoms with Crippen LogP contribution in [0, 0.1) is 0 Å². The zero-order valence-corrected chi connectivity index (χ0v) is 32.3. The van der Waals surface area contributed by atoms with Crippen molar-refractivity contribution in [3.8, 4) is 78.7 Å². The maximum Gasteiger partial charge on any atom is 0.160 e. The predicted molar refractivity (Wildman–Crippen MR) is 238 cm³/mol. The van der Waals surface area contributed by atoms with Crippen LogP contribution in [-0.2, 0) is 5.41 Å². The van der Waals surface area contributed by atoms with Crippen LogP contribution in [0.15, 0.2) is 194 Å². The SMILES string of the molecule is CC1(C)c2ccccc2-c2ccc(-c3cc(-c4cccc(-c5cc6ccccc6c6c(-c7ccccc7)c(-c7ccccc7)nn56)c4)nc(-c4ccccc4)n3)cc21. The zero-order valence-electron chi connectivity index (χ0n) is 32.3. The van der Waals surface area contributed by atoms with Crippen LogP contribution in [-0.4, -0.2) is 19.6 Å². The van der Waals surface area contributed by atoms with Crippen LogP contribution in [0.3, 0.4) is 0 Å². The number of benzene rings is 7. The molecule has 0 bridgehead atoms. The summed E-state index contributed by atoms with van der Waals surface area (Å²) in [5.41, 5.74) is 17.4. The molecule has 0 N–H and O–H groups in total. The molecule has 1 aliphatic carbocycles. The molecule has 0 fully saturated rings. The molecule has 4 nitrogen and oxygen atoms in total. The molecule has 0 radical (unpaired) electrons. The number of hydrogen-bond acceptors (Lipinski definition) is 3. The highest BCUT2D eigenvalue weighted by Crippen LogP contribution is 2.49. The van der Waals surface area contributed by atoms with E-state index in [4.69, 9.17) is 15.1 Å². The van der Waals surface area contributed by atoms with E-state index in [0.717, 1.165) is 78.0 Å². The Morgan fingerprint density at radius 3 is 1.78 bits per heavy atom. The fourth-order valence-electron chi connectivity index (χ4n) is 8.93. The first-order valence-corrected chi connectivity index (χ1v) is 19.9. The molecular formula is C54H38N4. The second-order valence-corrected chi connectivity index (χ2v) is 15.7. The topological polar surface area (TPSA) is 43.1 Å². The summed E-state index contributed by atoms with van der Waals surface area (Å²) in [6, 6.07) is 68.8.